The van der Waals surface area contributed by atoms with Crippen LogP contribution < -0.4 is 10.6 Å². The van der Waals surface area contributed by atoms with E-state index in [0.29, 0.717) is 42.6 Å². The predicted octanol–water partition coefficient (Wildman–Crippen LogP) is 2.61. The average molecular weight is 547 g/mol. The Morgan fingerprint density at radius 3 is 2.40 bits per heavy atom. The number of hydrogen-bond donors (Lipinski definition) is 2. The quantitative estimate of drug-likeness (QED) is 0.189. The zero-order chi connectivity index (χ0) is 20.5. The molecular weight excluding hydrogens is 522 g/mol. The molecule has 1 aromatic rings. The lowest BCUT2D eigenvalue weighted by Gasteiger charge is -2.18. The van der Waals surface area contributed by atoms with E-state index in [9.17, 15) is 14.0 Å². The first-order valence-corrected chi connectivity index (χ1v) is 10.3. The van der Waals surface area contributed by atoms with Crippen LogP contribution in [0.25, 0.3) is 0 Å². The molecule has 1 saturated heterocycles. The van der Waals surface area contributed by atoms with Gasteiger partial charge in [-0.3, -0.25) is 19.5 Å². The van der Waals surface area contributed by atoms with Crippen LogP contribution >= 0.6 is 35.6 Å². The summed E-state index contributed by atoms with van der Waals surface area (Å²) in [6.07, 6.45) is 5.52. The normalized spacial score (nSPS) is 26.8. The first kappa shape index (κ1) is 23.0. The minimum atomic E-state index is -0.331. The third-order valence-corrected chi connectivity index (χ3v) is 6.50. The van der Waals surface area contributed by atoms with Crippen LogP contribution in [0.4, 0.5) is 4.39 Å². The number of nitrogens with zero attached hydrogens (tertiary/aromatic N) is 2. The van der Waals surface area contributed by atoms with Crippen molar-refractivity contribution in [3.8, 4) is 0 Å². The van der Waals surface area contributed by atoms with Crippen LogP contribution in [0.5, 0.6) is 0 Å². The molecule has 4 rings (SSSR count). The molecule has 3 aliphatic rings. The molecule has 4 atom stereocenters. The Morgan fingerprint density at radius 2 is 1.80 bits per heavy atom. The highest BCUT2D eigenvalue weighted by atomic mass is 127. The van der Waals surface area contributed by atoms with Crippen molar-refractivity contribution in [2.75, 3.05) is 26.7 Å². The second kappa shape index (κ2) is 9.64. The van der Waals surface area contributed by atoms with Gasteiger partial charge in [-0.25, -0.2) is 4.39 Å². The minimum Gasteiger partial charge on any atom is -0.356 e. The van der Waals surface area contributed by atoms with E-state index in [1.165, 1.54) is 11.0 Å². The van der Waals surface area contributed by atoms with Crippen molar-refractivity contribution in [1.82, 2.24) is 15.5 Å². The topological polar surface area (TPSA) is 73.8 Å². The standard InChI is InChI=1S/C21H24ClFN4O2.HI/c1-24-21(25-8-7-14-15(22)3-2-4-16(14)23)26-9-10-27-19(28)17-12-5-6-13(11-12)18(17)20(27)29;/h2-6,12-13,17-18H,7-11H2,1H3,(H2,24,25,26);1H. The van der Waals surface area contributed by atoms with Gasteiger partial charge in [0.25, 0.3) is 0 Å². The van der Waals surface area contributed by atoms with Gasteiger partial charge in [-0.1, -0.05) is 29.8 Å². The summed E-state index contributed by atoms with van der Waals surface area (Å²) in [5.41, 5.74) is 0.458. The molecule has 2 fully saturated rings. The molecule has 2 N–H and O–H groups in total. The monoisotopic (exact) mass is 546 g/mol. The van der Waals surface area contributed by atoms with E-state index in [2.05, 4.69) is 27.8 Å². The van der Waals surface area contributed by atoms with Crippen molar-refractivity contribution in [2.24, 2.45) is 28.7 Å². The van der Waals surface area contributed by atoms with Crippen molar-refractivity contribution in [3.63, 3.8) is 0 Å². The molecular formula is C21H25ClFIN4O2. The van der Waals surface area contributed by atoms with Gasteiger partial charge in [-0.2, -0.15) is 0 Å². The zero-order valence-electron chi connectivity index (χ0n) is 16.6. The molecule has 30 heavy (non-hydrogen) atoms. The molecule has 2 amide bonds. The van der Waals surface area contributed by atoms with Crippen LogP contribution in [0, 0.1) is 29.5 Å². The summed E-state index contributed by atoms with van der Waals surface area (Å²) in [6.45, 7) is 1.16. The fraction of sp³-hybridized carbons (Fsp3) is 0.476. The van der Waals surface area contributed by atoms with Crippen molar-refractivity contribution in [1.29, 1.82) is 0 Å². The van der Waals surface area contributed by atoms with E-state index >= 15 is 0 Å². The predicted molar refractivity (Wildman–Crippen MR) is 124 cm³/mol. The SMILES string of the molecule is CN=C(NCCc1c(F)cccc1Cl)NCCN1C(=O)C2C3C=CC(C3)C2C1=O.I. The van der Waals surface area contributed by atoms with Crippen LogP contribution in [0.15, 0.2) is 35.3 Å². The van der Waals surface area contributed by atoms with Crippen molar-refractivity contribution >= 4 is 53.4 Å². The van der Waals surface area contributed by atoms with Gasteiger partial charge in [0, 0.05) is 37.3 Å². The third kappa shape index (κ3) is 4.21. The smallest absolute Gasteiger partial charge is 0.233 e. The van der Waals surface area contributed by atoms with Crippen LogP contribution in [-0.4, -0.2) is 49.4 Å². The fourth-order valence-electron chi connectivity index (χ4n) is 4.77. The maximum atomic E-state index is 13.8. The number of imide groups is 1. The van der Waals surface area contributed by atoms with Gasteiger partial charge in [-0.15, -0.1) is 24.0 Å². The van der Waals surface area contributed by atoms with Gasteiger partial charge in [0.05, 0.1) is 11.8 Å². The summed E-state index contributed by atoms with van der Waals surface area (Å²) < 4.78 is 13.8. The maximum Gasteiger partial charge on any atom is 0.233 e. The van der Waals surface area contributed by atoms with E-state index in [1.54, 1.807) is 19.2 Å². The number of halogens is 3. The van der Waals surface area contributed by atoms with Gasteiger partial charge in [0.2, 0.25) is 11.8 Å². The molecule has 1 aliphatic heterocycles. The Morgan fingerprint density at radius 1 is 1.17 bits per heavy atom. The highest BCUT2D eigenvalue weighted by Gasteiger charge is 2.58. The number of aliphatic imine (C=N–C) groups is 1. The number of fused-ring (bicyclic) bond motifs is 5. The molecule has 162 valence electrons. The number of rotatable bonds is 6. The molecule has 1 heterocycles. The van der Waals surface area contributed by atoms with E-state index < -0.39 is 0 Å². The fourth-order valence-corrected chi connectivity index (χ4v) is 5.03. The Hall–Kier alpha value is -1.68. The summed E-state index contributed by atoms with van der Waals surface area (Å²) in [6, 6.07) is 4.62. The largest absolute Gasteiger partial charge is 0.356 e. The number of likely N-dealkylation sites (tertiary alicyclic amines) is 1. The number of benzene rings is 1. The molecule has 0 aromatic heterocycles. The van der Waals surface area contributed by atoms with Crippen LogP contribution in [-0.2, 0) is 16.0 Å². The number of nitrogens with one attached hydrogen (secondary N) is 2. The number of amides is 2. The number of carbonyl (C=O) groups is 2. The summed E-state index contributed by atoms with van der Waals surface area (Å²) in [5, 5.41) is 6.60. The Bertz CT molecular complexity index is 844. The summed E-state index contributed by atoms with van der Waals surface area (Å²) in [4.78, 5) is 30.9. The first-order valence-electron chi connectivity index (χ1n) is 9.92. The van der Waals surface area contributed by atoms with Crippen molar-refractivity contribution in [3.05, 3.63) is 46.8 Å². The lowest BCUT2D eigenvalue weighted by Crippen LogP contribution is -2.44. The molecule has 1 aromatic carbocycles. The van der Waals surface area contributed by atoms with E-state index in [-0.39, 0.29) is 65.3 Å². The zero-order valence-corrected chi connectivity index (χ0v) is 19.7. The average Bonchev–Trinajstić information content (AvgIpc) is 3.38. The molecule has 6 nitrogen and oxygen atoms in total. The van der Waals surface area contributed by atoms with Crippen molar-refractivity contribution in [2.45, 2.75) is 12.8 Å². The van der Waals surface area contributed by atoms with E-state index in [1.807, 2.05) is 0 Å². The molecule has 9 heteroatoms. The summed E-state index contributed by atoms with van der Waals surface area (Å²) in [5.74, 6) is 0.214. The molecule has 4 unspecified atom stereocenters. The molecule has 0 spiro atoms. The number of hydrogen-bond acceptors (Lipinski definition) is 3. The van der Waals surface area contributed by atoms with Crippen molar-refractivity contribution < 1.29 is 14.0 Å². The highest BCUT2D eigenvalue weighted by molar-refractivity contribution is 14.0. The van der Waals surface area contributed by atoms with Gasteiger partial charge < -0.3 is 10.6 Å². The Balaban J connectivity index is 0.00000256. The number of guanidine groups is 1. The van der Waals surface area contributed by atoms with E-state index in [0.717, 1.165) is 6.42 Å². The molecule has 0 radical (unpaired) electrons. The number of allylic oxidation sites excluding steroid dienone is 2. The lowest BCUT2D eigenvalue weighted by molar-refractivity contribution is -0.140. The van der Waals surface area contributed by atoms with Gasteiger partial charge in [0.15, 0.2) is 5.96 Å². The summed E-state index contributed by atoms with van der Waals surface area (Å²) >= 11 is 6.04. The molecule has 2 aliphatic carbocycles. The lowest BCUT2D eigenvalue weighted by atomic mass is 9.85. The summed E-state index contributed by atoms with van der Waals surface area (Å²) in [7, 11) is 1.63. The molecule has 1 saturated carbocycles. The maximum absolute atomic E-state index is 13.8. The minimum absolute atomic E-state index is 0. The second-order valence-corrected chi connectivity index (χ2v) is 8.11. The number of carbonyl (C=O) groups excluding carboxylic acids is 2. The third-order valence-electron chi connectivity index (χ3n) is 6.14. The van der Waals surface area contributed by atoms with Crippen LogP contribution in [0.3, 0.4) is 0 Å². The van der Waals surface area contributed by atoms with Gasteiger partial charge >= 0.3 is 0 Å². The Labute approximate surface area is 197 Å². The van der Waals surface area contributed by atoms with E-state index in [4.69, 9.17) is 11.6 Å². The molecule has 2 bridgehead atoms. The second-order valence-electron chi connectivity index (χ2n) is 7.70. The first-order chi connectivity index (χ1) is 14.0. The van der Waals surface area contributed by atoms with Crippen LogP contribution in [0.2, 0.25) is 5.02 Å². The van der Waals surface area contributed by atoms with Gasteiger partial charge in [-0.05, 0) is 36.8 Å². The highest BCUT2D eigenvalue weighted by Crippen LogP contribution is 2.52. The van der Waals surface area contributed by atoms with Crippen LogP contribution in [0.1, 0.15) is 12.0 Å². The Kier molecular flexibility index (Phi) is 7.38. The van der Waals surface area contributed by atoms with Gasteiger partial charge in [0.1, 0.15) is 5.82 Å².